The fourth-order valence-electron chi connectivity index (χ4n) is 4.81. The minimum Gasteiger partial charge on any atom is -0.464 e. The number of carbonyl (C=O) groups excluding carboxylic acids is 4. The van der Waals surface area contributed by atoms with Crippen molar-refractivity contribution >= 4 is 35.3 Å². The summed E-state index contributed by atoms with van der Waals surface area (Å²) in [5, 5.41) is 2.83. The largest absolute Gasteiger partial charge is 0.464 e. The Kier molecular flexibility index (Phi) is 7.13. The molecule has 2 heterocycles. The highest BCUT2D eigenvalue weighted by atomic mass is 16.3. The monoisotopic (exact) mass is 552 g/mol. The molecule has 0 spiro atoms. The molecule has 5 aromatic rings. The van der Waals surface area contributed by atoms with Crippen molar-refractivity contribution in [1.29, 1.82) is 0 Å². The average molecular weight is 553 g/mol. The Bertz CT molecular complexity index is 1800. The van der Waals surface area contributed by atoms with Crippen LogP contribution in [0.2, 0.25) is 0 Å². The fourth-order valence-corrected chi connectivity index (χ4v) is 4.81. The Hall–Kier alpha value is -5.82. The molecule has 0 saturated heterocycles. The van der Waals surface area contributed by atoms with Crippen LogP contribution in [0.3, 0.4) is 0 Å². The van der Waals surface area contributed by atoms with Crippen molar-refractivity contribution in [3.05, 3.63) is 155 Å². The average Bonchev–Trinajstić information content (AvgIpc) is 3.65. The summed E-state index contributed by atoms with van der Waals surface area (Å²) in [5.74, 6) is -0.422. The van der Waals surface area contributed by atoms with Gasteiger partial charge >= 0.3 is 0 Å². The highest BCUT2D eigenvalue weighted by molar-refractivity contribution is 6.21. The molecule has 42 heavy (non-hydrogen) atoms. The minimum atomic E-state index is -0.325. The SMILES string of the molecule is O=C(/C=C/c1ccccc1-c1ccco1)c1ccc(NC(=O)c2ccc(CN3C(=O)c4ccccc4C3=O)cc2)cc1. The second-order valence-corrected chi connectivity index (χ2v) is 9.73. The highest BCUT2D eigenvalue weighted by Gasteiger charge is 2.34. The number of amides is 3. The molecule has 1 aliphatic rings. The van der Waals surface area contributed by atoms with E-state index in [0.717, 1.165) is 22.5 Å². The number of fused-ring (bicyclic) bond motifs is 1. The van der Waals surface area contributed by atoms with Crippen molar-refractivity contribution in [1.82, 2.24) is 4.90 Å². The lowest BCUT2D eigenvalue weighted by atomic mass is 10.0. The predicted molar refractivity (Wildman–Crippen MR) is 159 cm³/mol. The summed E-state index contributed by atoms with van der Waals surface area (Å²) in [6, 6.07) is 31.5. The van der Waals surface area contributed by atoms with Crippen molar-refractivity contribution in [2.45, 2.75) is 6.54 Å². The summed E-state index contributed by atoms with van der Waals surface area (Å²) in [4.78, 5) is 52.1. The molecule has 1 N–H and O–H groups in total. The van der Waals surface area contributed by atoms with Crippen molar-refractivity contribution < 1.29 is 23.6 Å². The molecule has 0 fully saturated rings. The molecule has 1 aliphatic heterocycles. The van der Waals surface area contributed by atoms with Gasteiger partial charge in [-0.1, -0.05) is 54.6 Å². The molecule has 0 aliphatic carbocycles. The Morgan fingerprint density at radius 3 is 1.95 bits per heavy atom. The van der Waals surface area contributed by atoms with Crippen LogP contribution in [0.5, 0.6) is 0 Å². The lowest BCUT2D eigenvalue weighted by Crippen LogP contribution is -2.29. The summed E-state index contributed by atoms with van der Waals surface area (Å²) in [7, 11) is 0. The smallest absolute Gasteiger partial charge is 0.261 e. The number of benzene rings is 4. The van der Waals surface area contributed by atoms with Crippen LogP contribution in [-0.2, 0) is 6.54 Å². The number of rotatable bonds is 8. The Morgan fingerprint density at radius 1 is 0.690 bits per heavy atom. The van der Waals surface area contributed by atoms with Gasteiger partial charge in [-0.15, -0.1) is 0 Å². The molecule has 1 aromatic heterocycles. The van der Waals surface area contributed by atoms with E-state index in [9.17, 15) is 19.2 Å². The molecule has 0 radical (unpaired) electrons. The lowest BCUT2D eigenvalue weighted by molar-refractivity contribution is 0.0641. The molecular formula is C35H24N2O5. The van der Waals surface area contributed by atoms with Crippen molar-refractivity contribution in [3.8, 4) is 11.3 Å². The number of anilines is 1. The van der Waals surface area contributed by atoms with Gasteiger partial charge < -0.3 is 9.73 Å². The van der Waals surface area contributed by atoms with E-state index in [1.54, 1.807) is 85.1 Å². The van der Waals surface area contributed by atoms with Gasteiger partial charge in [-0.05, 0) is 77.9 Å². The third kappa shape index (κ3) is 5.31. The molecule has 7 nitrogen and oxygen atoms in total. The Labute approximate surface area is 241 Å². The number of nitrogens with one attached hydrogen (secondary N) is 1. The Morgan fingerprint density at radius 2 is 1.31 bits per heavy atom. The number of ketones is 1. The van der Waals surface area contributed by atoms with Gasteiger partial charge in [0.15, 0.2) is 5.78 Å². The number of allylic oxidation sites excluding steroid dienone is 1. The highest BCUT2D eigenvalue weighted by Crippen LogP contribution is 2.26. The molecule has 204 valence electrons. The van der Waals surface area contributed by atoms with Crippen LogP contribution in [0.4, 0.5) is 5.69 Å². The van der Waals surface area contributed by atoms with Crippen LogP contribution >= 0.6 is 0 Å². The van der Waals surface area contributed by atoms with E-state index in [4.69, 9.17) is 4.42 Å². The van der Waals surface area contributed by atoms with Gasteiger partial charge in [0.05, 0.1) is 23.9 Å². The second-order valence-electron chi connectivity index (χ2n) is 9.73. The van der Waals surface area contributed by atoms with Gasteiger partial charge in [-0.2, -0.15) is 0 Å². The molecule has 7 heteroatoms. The van der Waals surface area contributed by atoms with E-state index >= 15 is 0 Å². The van der Waals surface area contributed by atoms with Gasteiger partial charge in [0, 0.05) is 22.4 Å². The van der Waals surface area contributed by atoms with E-state index in [1.807, 2.05) is 36.4 Å². The summed E-state index contributed by atoms with van der Waals surface area (Å²) in [6.45, 7) is 0.118. The first-order chi connectivity index (χ1) is 20.5. The summed E-state index contributed by atoms with van der Waals surface area (Å²) in [6.07, 6.45) is 4.88. The first kappa shape index (κ1) is 26.4. The summed E-state index contributed by atoms with van der Waals surface area (Å²) < 4.78 is 5.50. The van der Waals surface area contributed by atoms with Crippen LogP contribution in [0, 0.1) is 0 Å². The number of imide groups is 1. The van der Waals surface area contributed by atoms with Gasteiger partial charge in [0.25, 0.3) is 17.7 Å². The van der Waals surface area contributed by atoms with Crippen molar-refractivity contribution in [3.63, 3.8) is 0 Å². The maximum absolute atomic E-state index is 12.8. The quantitative estimate of drug-likeness (QED) is 0.128. The van der Waals surface area contributed by atoms with Crippen molar-refractivity contribution in [2.75, 3.05) is 5.32 Å². The van der Waals surface area contributed by atoms with Crippen LogP contribution < -0.4 is 5.32 Å². The Balaban J connectivity index is 1.07. The van der Waals surface area contributed by atoms with Crippen molar-refractivity contribution in [2.24, 2.45) is 0 Å². The number of hydrogen-bond donors (Lipinski definition) is 1. The zero-order chi connectivity index (χ0) is 29.1. The molecular weight excluding hydrogens is 528 g/mol. The van der Waals surface area contributed by atoms with Gasteiger partial charge in [0.1, 0.15) is 5.76 Å². The zero-order valence-electron chi connectivity index (χ0n) is 22.3. The lowest BCUT2D eigenvalue weighted by Gasteiger charge is -2.14. The van der Waals surface area contributed by atoms with Crippen LogP contribution in [0.15, 0.2) is 126 Å². The molecule has 0 saturated carbocycles. The van der Waals surface area contributed by atoms with E-state index in [1.165, 1.54) is 11.0 Å². The first-order valence-electron chi connectivity index (χ1n) is 13.3. The fraction of sp³-hybridized carbons (Fsp3) is 0.0286. The molecule has 3 amide bonds. The van der Waals surface area contributed by atoms with Crippen LogP contribution in [0.1, 0.15) is 52.6 Å². The number of nitrogens with zero attached hydrogens (tertiary/aromatic N) is 1. The standard InChI is InChI=1S/C35H24N2O5/c38-31(20-17-24-6-1-2-7-28(24)32-10-5-21-42-32)25-15-18-27(19-16-25)36-33(39)26-13-11-23(12-14-26)22-37-34(40)29-8-3-4-9-30(29)35(37)41/h1-21H,22H2,(H,36,39)/b20-17+. The zero-order valence-corrected chi connectivity index (χ0v) is 22.3. The molecule has 0 bridgehead atoms. The number of furan rings is 1. The van der Waals surface area contributed by atoms with E-state index in [0.29, 0.717) is 27.9 Å². The second kappa shape index (κ2) is 11.3. The van der Waals surface area contributed by atoms with E-state index in [2.05, 4.69) is 5.32 Å². The third-order valence-electron chi connectivity index (χ3n) is 7.02. The maximum atomic E-state index is 12.8. The number of carbonyl (C=O) groups is 4. The topological polar surface area (TPSA) is 96.7 Å². The summed E-state index contributed by atoms with van der Waals surface area (Å²) in [5.41, 5.74) is 4.72. The minimum absolute atomic E-state index is 0.118. The van der Waals surface area contributed by atoms with E-state index in [-0.39, 0.29) is 30.0 Å². The van der Waals surface area contributed by atoms with Gasteiger partial charge in [-0.3, -0.25) is 24.1 Å². The molecule has 0 atom stereocenters. The maximum Gasteiger partial charge on any atom is 0.261 e. The van der Waals surface area contributed by atoms with Crippen LogP contribution in [-0.4, -0.2) is 28.4 Å². The van der Waals surface area contributed by atoms with E-state index < -0.39 is 0 Å². The predicted octanol–water partition coefficient (Wildman–Crippen LogP) is 6.89. The normalized spacial score (nSPS) is 12.5. The molecule has 6 rings (SSSR count). The molecule has 4 aromatic carbocycles. The third-order valence-corrected chi connectivity index (χ3v) is 7.02. The van der Waals surface area contributed by atoms with Gasteiger partial charge in [0.2, 0.25) is 0 Å². The molecule has 0 unspecified atom stereocenters. The first-order valence-corrected chi connectivity index (χ1v) is 13.3. The van der Waals surface area contributed by atoms with Crippen LogP contribution in [0.25, 0.3) is 17.4 Å². The number of hydrogen-bond acceptors (Lipinski definition) is 5. The summed E-state index contributed by atoms with van der Waals surface area (Å²) >= 11 is 0. The van der Waals surface area contributed by atoms with Gasteiger partial charge in [-0.25, -0.2) is 0 Å².